The van der Waals surface area contributed by atoms with Gasteiger partial charge in [0.15, 0.2) is 23.1 Å². The van der Waals surface area contributed by atoms with Crippen molar-refractivity contribution in [2.24, 2.45) is 16.6 Å². The van der Waals surface area contributed by atoms with Gasteiger partial charge in [-0.05, 0) is 159 Å². The number of carbonyl (C=O) groups is 1. The molecule has 0 unspecified atom stereocenters. The summed E-state index contributed by atoms with van der Waals surface area (Å²) in [5, 5.41) is 17.7. The highest BCUT2D eigenvalue weighted by Crippen LogP contribution is 2.51. The van der Waals surface area contributed by atoms with Crippen LogP contribution in [0.3, 0.4) is 0 Å². The van der Waals surface area contributed by atoms with E-state index in [0.717, 1.165) is 90.8 Å². The highest BCUT2D eigenvalue weighted by atomic mass is 31.2. The summed E-state index contributed by atoms with van der Waals surface area (Å²) in [5.41, 5.74) is 14.3. The summed E-state index contributed by atoms with van der Waals surface area (Å²) >= 11 is 0. The first-order valence-electron chi connectivity index (χ1n) is 26.1. The van der Waals surface area contributed by atoms with E-state index in [9.17, 15) is 13.9 Å². The Balaban J connectivity index is 0.000000191. The fraction of sp³-hybridized carbons (Fsp3) is 0.421. The molecule has 10 rings (SSSR count). The van der Waals surface area contributed by atoms with Crippen LogP contribution in [0.2, 0.25) is 0 Å². The fourth-order valence-corrected chi connectivity index (χ4v) is 13.4. The van der Waals surface area contributed by atoms with Gasteiger partial charge >= 0.3 is 6.09 Å². The lowest BCUT2D eigenvalue weighted by Gasteiger charge is -2.60. The van der Waals surface area contributed by atoms with E-state index in [1.165, 1.54) is 16.9 Å². The maximum atomic E-state index is 12.8. The number of nitrogens with one attached hydrogen (secondary N) is 5. The number of ether oxygens (including phenoxy) is 3. The molecule has 7 N–H and O–H groups in total. The van der Waals surface area contributed by atoms with Crippen LogP contribution in [0.1, 0.15) is 57.6 Å². The Morgan fingerprint density at radius 1 is 0.636 bits per heavy atom. The third kappa shape index (κ3) is 12.8. The van der Waals surface area contributed by atoms with E-state index in [1.54, 1.807) is 53.3 Å². The third-order valence-corrected chi connectivity index (χ3v) is 17.7. The summed E-state index contributed by atoms with van der Waals surface area (Å²) in [6.45, 7) is 21.0. The summed E-state index contributed by atoms with van der Waals surface area (Å²) in [6.07, 6.45) is 7.15. The molecule has 0 bridgehead atoms. The lowest BCUT2D eigenvalue weighted by Crippen LogP contribution is -2.67. The molecule has 4 fully saturated rings. The molecule has 2 spiro atoms. The average molecular weight is 1090 g/mol. The number of nitrogens with zero attached hydrogens (tertiary/aromatic N) is 6. The minimum absolute atomic E-state index is 0.181. The summed E-state index contributed by atoms with van der Waals surface area (Å²) < 4.78 is 41.9. The summed E-state index contributed by atoms with van der Waals surface area (Å²) in [5.74, 6) is 2.83. The van der Waals surface area contributed by atoms with Crippen LogP contribution in [0, 0.1) is 24.7 Å². The predicted molar refractivity (Wildman–Crippen MR) is 313 cm³/mol. The Bertz CT molecular complexity index is 3240. The number of aryl methyl sites for hydroxylation is 2. The first-order chi connectivity index (χ1) is 36.4. The molecule has 4 aliphatic rings. The molecule has 2 aliphatic heterocycles. The molecular weight excluding hydrogens is 1010 g/mol. The standard InChI is InChI=1S/C31H41N6O4P.C26H33N6O2P/c1-20-14-21(12-13-24(20)37-18-31(19-37)15-22(16-31)34-29(38)41-30(2,3)4)33-28-32-17-25(40-5)27(36-28)35-23-10-8-9-11-26(23)42(6,7)39;1-17-11-19(9-10-21(17)32-15-26(16-32)12-18(27)13-26)29-25-28-14-22(34-2)24(31-25)30-20-7-5-6-8-23(20)35(3,4)33/h8-14,17,22H,15-16,18-19H2,1-7H3,(H,34,38)(H2,32,33,35,36);5-11,14,18H,12-13,15-16,27H2,1-4H3,(H2,28,29,30,31). The van der Waals surface area contributed by atoms with Gasteiger partial charge in [-0.15, -0.1) is 0 Å². The molecule has 4 heterocycles. The second-order valence-corrected chi connectivity index (χ2v) is 29.5. The SMILES string of the molecule is COc1cnc(Nc2ccc(N3CC4(CC(N)C4)C3)c(C)c2)nc1Nc1ccccc1P(C)(C)=O.COc1cnc(Nc2ccc(N3CC4(CC(NC(=O)OC(C)(C)C)C4)C3)c(C)c2)nc1Nc1ccccc1P(C)(C)=O. The van der Waals surface area contributed by atoms with Crippen molar-refractivity contribution in [1.29, 1.82) is 0 Å². The molecule has 20 heteroatoms. The fourth-order valence-electron chi connectivity index (χ4n) is 11.1. The molecule has 408 valence electrons. The van der Waals surface area contributed by atoms with E-state index < -0.39 is 19.9 Å². The van der Waals surface area contributed by atoms with Crippen molar-refractivity contribution in [1.82, 2.24) is 25.3 Å². The summed E-state index contributed by atoms with van der Waals surface area (Å²) in [7, 11) is -1.85. The number of methoxy groups -OCH3 is 2. The van der Waals surface area contributed by atoms with Crippen molar-refractivity contribution in [3.8, 4) is 11.5 Å². The number of benzene rings is 4. The van der Waals surface area contributed by atoms with Crippen LogP contribution in [0.5, 0.6) is 11.5 Å². The van der Waals surface area contributed by atoms with Gasteiger partial charge in [0.2, 0.25) is 11.9 Å². The zero-order chi connectivity index (χ0) is 55.1. The van der Waals surface area contributed by atoms with Gasteiger partial charge in [0.05, 0.1) is 38.0 Å². The van der Waals surface area contributed by atoms with Crippen molar-refractivity contribution in [2.75, 3.05) is 98.1 Å². The van der Waals surface area contributed by atoms with Crippen LogP contribution in [-0.2, 0) is 13.9 Å². The van der Waals surface area contributed by atoms with Crippen LogP contribution < -0.4 is 62.2 Å². The van der Waals surface area contributed by atoms with E-state index in [4.69, 9.17) is 19.9 Å². The molecule has 2 aliphatic carbocycles. The van der Waals surface area contributed by atoms with Crippen LogP contribution in [0.4, 0.5) is 62.5 Å². The van der Waals surface area contributed by atoms with E-state index >= 15 is 0 Å². The lowest BCUT2D eigenvalue weighted by atomic mass is 9.60. The quantitative estimate of drug-likeness (QED) is 0.0526. The normalized spacial score (nSPS) is 16.6. The molecule has 6 aromatic rings. The minimum Gasteiger partial charge on any atom is -0.491 e. The highest BCUT2D eigenvalue weighted by molar-refractivity contribution is 7.70. The van der Waals surface area contributed by atoms with Gasteiger partial charge in [0.1, 0.15) is 19.9 Å². The number of carbonyl (C=O) groups excluding carboxylic acids is 1. The first kappa shape index (κ1) is 54.9. The van der Waals surface area contributed by atoms with E-state index in [-0.39, 0.29) is 17.6 Å². The van der Waals surface area contributed by atoms with Gasteiger partial charge in [-0.2, -0.15) is 9.97 Å². The molecule has 2 aromatic heterocycles. The maximum Gasteiger partial charge on any atom is 0.407 e. The maximum absolute atomic E-state index is 12.8. The van der Waals surface area contributed by atoms with Crippen LogP contribution in [0.15, 0.2) is 97.3 Å². The van der Waals surface area contributed by atoms with Crippen molar-refractivity contribution < 1.29 is 28.1 Å². The van der Waals surface area contributed by atoms with Crippen molar-refractivity contribution in [3.63, 3.8) is 0 Å². The van der Waals surface area contributed by atoms with Crippen molar-refractivity contribution in [3.05, 3.63) is 108 Å². The summed E-state index contributed by atoms with van der Waals surface area (Å²) in [6, 6.07) is 28.2. The number of aromatic nitrogens is 4. The Morgan fingerprint density at radius 3 is 1.43 bits per heavy atom. The Hall–Kier alpha value is -6.87. The molecule has 18 nitrogen and oxygen atoms in total. The molecule has 2 saturated heterocycles. The first-order valence-corrected chi connectivity index (χ1v) is 31.3. The monoisotopic (exact) mass is 1080 g/mol. The van der Waals surface area contributed by atoms with Gasteiger partial charge in [0.25, 0.3) is 0 Å². The van der Waals surface area contributed by atoms with Gasteiger partial charge < -0.3 is 65.5 Å². The zero-order valence-electron chi connectivity index (χ0n) is 46.2. The van der Waals surface area contributed by atoms with Gasteiger partial charge in [-0.1, -0.05) is 24.3 Å². The smallest absolute Gasteiger partial charge is 0.407 e. The Labute approximate surface area is 452 Å². The molecule has 0 radical (unpaired) electrons. The molecule has 1 amide bonds. The van der Waals surface area contributed by atoms with Gasteiger partial charge in [-0.3, -0.25) is 0 Å². The third-order valence-electron chi connectivity index (χ3n) is 14.6. The van der Waals surface area contributed by atoms with Crippen LogP contribution in [0.25, 0.3) is 0 Å². The molecule has 0 atom stereocenters. The second kappa shape index (κ2) is 21.5. The van der Waals surface area contributed by atoms with E-state index in [0.29, 0.717) is 46.5 Å². The average Bonchev–Trinajstić information content (AvgIpc) is 3.35. The van der Waals surface area contributed by atoms with Crippen LogP contribution >= 0.6 is 14.3 Å². The number of alkyl carbamates (subject to hydrolysis) is 1. The van der Waals surface area contributed by atoms with Gasteiger partial charge in [-0.25, -0.2) is 14.8 Å². The molecule has 2 saturated carbocycles. The largest absolute Gasteiger partial charge is 0.491 e. The number of nitrogens with two attached hydrogens (primary N) is 1. The highest BCUT2D eigenvalue weighted by Gasteiger charge is 2.53. The van der Waals surface area contributed by atoms with Gasteiger partial charge in [0, 0.05) is 82.5 Å². The molecule has 4 aromatic carbocycles. The summed E-state index contributed by atoms with van der Waals surface area (Å²) in [4.78, 5) is 35.1. The van der Waals surface area contributed by atoms with E-state index in [1.807, 2.05) is 75.4 Å². The van der Waals surface area contributed by atoms with Crippen LogP contribution in [-0.4, -0.2) is 111 Å². The van der Waals surface area contributed by atoms with E-state index in [2.05, 4.69) is 100 Å². The number of para-hydroxylation sites is 2. The number of hydrogen-bond donors (Lipinski definition) is 6. The molecular formula is C57H74N12O6P2. The second-order valence-electron chi connectivity index (χ2n) is 23.1. The zero-order valence-corrected chi connectivity index (χ0v) is 47.9. The molecule has 77 heavy (non-hydrogen) atoms. The number of rotatable bonds is 15. The number of amides is 1. The topological polar surface area (TPSA) is 223 Å². The Kier molecular flexibility index (Phi) is 15.3. The minimum atomic E-state index is -2.51. The Morgan fingerprint density at radius 2 is 1.05 bits per heavy atom. The number of anilines is 10. The number of hydrogen-bond acceptors (Lipinski definition) is 17. The van der Waals surface area contributed by atoms with Crippen molar-refractivity contribution in [2.45, 2.75) is 78.0 Å². The van der Waals surface area contributed by atoms with Crippen molar-refractivity contribution >= 4 is 88.6 Å². The lowest BCUT2D eigenvalue weighted by molar-refractivity contribution is 0.0215. The predicted octanol–water partition coefficient (Wildman–Crippen LogP) is 10.5.